The minimum absolute atomic E-state index is 0.0204. The van der Waals surface area contributed by atoms with Gasteiger partial charge >= 0.3 is 6.03 Å². The number of carbonyl (C=O) groups is 2. The van der Waals surface area contributed by atoms with Crippen molar-refractivity contribution in [3.8, 4) is 5.75 Å². The standard InChI is InChI=1S/C13H14Cl2N2O4/c1-16-6-12(19)17(13(16)20)5-9(18)7-21-11-4-8(14)2-3-10(11)15/h2-4,9,18H,5-7H2,1H3. The van der Waals surface area contributed by atoms with Crippen LogP contribution in [-0.2, 0) is 4.79 Å². The third kappa shape index (κ3) is 3.78. The van der Waals surface area contributed by atoms with Crippen LogP contribution in [0.2, 0.25) is 10.0 Å². The van der Waals surface area contributed by atoms with E-state index >= 15 is 0 Å². The number of β-amino-alcohol motifs (C(OH)–C–C–N with tert-alkyl or cyclic N) is 1. The molecule has 1 N–H and O–H groups in total. The molecular weight excluding hydrogens is 319 g/mol. The number of nitrogens with zero attached hydrogens (tertiary/aromatic N) is 2. The van der Waals surface area contributed by atoms with Gasteiger partial charge in [0.15, 0.2) is 0 Å². The molecular formula is C13H14Cl2N2O4. The van der Waals surface area contributed by atoms with Crippen LogP contribution in [0.5, 0.6) is 5.75 Å². The first-order chi connectivity index (χ1) is 9.88. The first-order valence-corrected chi connectivity index (χ1v) is 6.95. The van der Waals surface area contributed by atoms with Gasteiger partial charge in [-0.05, 0) is 12.1 Å². The van der Waals surface area contributed by atoms with Crippen LogP contribution in [-0.4, -0.2) is 59.7 Å². The molecule has 21 heavy (non-hydrogen) atoms. The molecule has 3 amide bonds. The maximum absolute atomic E-state index is 11.7. The summed E-state index contributed by atoms with van der Waals surface area (Å²) in [5, 5.41) is 10.7. The van der Waals surface area contributed by atoms with Crippen LogP contribution in [0.15, 0.2) is 18.2 Å². The first-order valence-electron chi connectivity index (χ1n) is 6.20. The van der Waals surface area contributed by atoms with E-state index in [0.29, 0.717) is 15.8 Å². The summed E-state index contributed by atoms with van der Waals surface area (Å²) < 4.78 is 5.36. The van der Waals surface area contributed by atoms with Gasteiger partial charge in [-0.25, -0.2) is 4.79 Å². The van der Waals surface area contributed by atoms with Gasteiger partial charge in [0.2, 0.25) is 5.91 Å². The van der Waals surface area contributed by atoms with Gasteiger partial charge in [0, 0.05) is 18.1 Å². The monoisotopic (exact) mass is 332 g/mol. The zero-order valence-electron chi connectivity index (χ0n) is 11.3. The fourth-order valence-electron chi connectivity index (χ4n) is 1.89. The highest BCUT2D eigenvalue weighted by Gasteiger charge is 2.34. The maximum atomic E-state index is 11.7. The summed E-state index contributed by atoms with van der Waals surface area (Å²) in [6, 6.07) is 4.29. The summed E-state index contributed by atoms with van der Waals surface area (Å²) in [5.41, 5.74) is 0. The predicted octanol–water partition coefficient (Wildman–Crippen LogP) is 1.63. The second-order valence-electron chi connectivity index (χ2n) is 4.68. The van der Waals surface area contributed by atoms with Crippen LogP contribution in [0.1, 0.15) is 0 Å². The molecule has 1 aliphatic rings. The largest absolute Gasteiger partial charge is 0.489 e. The molecule has 0 saturated carbocycles. The fourth-order valence-corrected chi connectivity index (χ4v) is 2.22. The van der Waals surface area contributed by atoms with Crippen LogP contribution >= 0.6 is 23.2 Å². The van der Waals surface area contributed by atoms with Crippen molar-refractivity contribution in [3.05, 3.63) is 28.2 Å². The topological polar surface area (TPSA) is 70.1 Å². The highest BCUT2D eigenvalue weighted by molar-refractivity contribution is 6.34. The van der Waals surface area contributed by atoms with Gasteiger partial charge in [-0.2, -0.15) is 0 Å². The molecule has 0 radical (unpaired) electrons. The van der Waals surface area contributed by atoms with E-state index in [4.69, 9.17) is 27.9 Å². The summed E-state index contributed by atoms with van der Waals surface area (Å²) in [7, 11) is 1.52. The number of carbonyl (C=O) groups excluding carboxylic acids is 2. The van der Waals surface area contributed by atoms with E-state index < -0.39 is 12.1 Å². The average molecular weight is 333 g/mol. The zero-order valence-corrected chi connectivity index (χ0v) is 12.8. The van der Waals surface area contributed by atoms with E-state index in [-0.39, 0.29) is 25.6 Å². The van der Waals surface area contributed by atoms with Gasteiger partial charge in [0.05, 0.1) is 11.6 Å². The number of likely N-dealkylation sites (N-methyl/N-ethyl adjacent to an activating group) is 1. The lowest BCUT2D eigenvalue weighted by molar-refractivity contribution is -0.126. The third-order valence-corrected chi connectivity index (χ3v) is 3.50. The molecule has 1 atom stereocenters. The SMILES string of the molecule is CN1CC(=O)N(CC(O)COc2cc(Cl)ccc2Cl)C1=O. The number of rotatable bonds is 5. The minimum atomic E-state index is -1.01. The van der Waals surface area contributed by atoms with Crippen molar-refractivity contribution in [2.75, 3.05) is 26.7 Å². The number of benzene rings is 1. The average Bonchev–Trinajstić information content (AvgIpc) is 2.66. The van der Waals surface area contributed by atoms with Crippen molar-refractivity contribution < 1.29 is 19.4 Å². The van der Waals surface area contributed by atoms with E-state index in [1.165, 1.54) is 18.0 Å². The van der Waals surface area contributed by atoms with Gasteiger partial charge in [-0.3, -0.25) is 9.69 Å². The minimum Gasteiger partial charge on any atom is -0.489 e. The van der Waals surface area contributed by atoms with Crippen molar-refractivity contribution in [2.45, 2.75) is 6.10 Å². The maximum Gasteiger partial charge on any atom is 0.327 e. The molecule has 1 aromatic carbocycles. The van der Waals surface area contributed by atoms with Gasteiger partial charge < -0.3 is 14.7 Å². The molecule has 114 valence electrons. The quantitative estimate of drug-likeness (QED) is 0.832. The van der Waals surface area contributed by atoms with Gasteiger partial charge in [0.1, 0.15) is 25.0 Å². The summed E-state index contributed by atoms with van der Waals surface area (Å²) in [4.78, 5) is 25.5. The lowest BCUT2D eigenvalue weighted by atomic mass is 10.3. The number of aliphatic hydroxyl groups is 1. The van der Waals surface area contributed by atoms with Crippen LogP contribution in [0.3, 0.4) is 0 Å². The summed E-state index contributed by atoms with van der Waals surface area (Å²) in [6.07, 6.45) is -1.01. The molecule has 1 heterocycles. The van der Waals surface area contributed by atoms with E-state index in [9.17, 15) is 14.7 Å². The molecule has 1 unspecified atom stereocenters. The number of amides is 3. The van der Waals surface area contributed by atoms with Crippen LogP contribution in [0, 0.1) is 0 Å². The van der Waals surface area contributed by atoms with E-state index in [1.54, 1.807) is 12.1 Å². The summed E-state index contributed by atoms with van der Waals surface area (Å²) in [6.45, 7) is -0.215. The molecule has 1 aromatic rings. The second-order valence-corrected chi connectivity index (χ2v) is 5.53. The van der Waals surface area contributed by atoms with Crippen LogP contribution in [0.4, 0.5) is 4.79 Å². The highest BCUT2D eigenvalue weighted by Crippen LogP contribution is 2.27. The lowest BCUT2D eigenvalue weighted by Gasteiger charge is -2.19. The third-order valence-electron chi connectivity index (χ3n) is 2.95. The second kappa shape index (κ2) is 6.51. The normalized spacial score (nSPS) is 16.6. The van der Waals surface area contributed by atoms with Crippen molar-refractivity contribution in [2.24, 2.45) is 0 Å². The summed E-state index contributed by atoms with van der Waals surface area (Å²) >= 11 is 11.7. The van der Waals surface area contributed by atoms with Crippen LogP contribution in [0.25, 0.3) is 0 Å². The van der Waals surface area contributed by atoms with E-state index in [2.05, 4.69) is 0 Å². The van der Waals surface area contributed by atoms with Crippen LogP contribution < -0.4 is 4.74 Å². The number of urea groups is 1. The molecule has 0 aliphatic carbocycles. The molecule has 1 fully saturated rings. The Labute approximate surface area is 131 Å². The molecule has 8 heteroatoms. The smallest absolute Gasteiger partial charge is 0.327 e. The Kier molecular flexibility index (Phi) is 4.92. The Balaban J connectivity index is 1.90. The number of aliphatic hydroxyl groups excluding tert-OH is 1. The van der Waals surface area contributed by atoms with Gasteiger partial charge in [-0.15, -0.1) is 0 Å². The number of hydrogen-bond donors (Lipinski definition) is 1. The molecule has 2 rings (SSSR count). The lowest BCUT2D eigenvalue weighted by Crippen LogP contribution is -2.40. The molecule has 0 spiro atoms. The predicted molar refractivity (Wildman–Crippen MR) is 77.7 cm³/mol. The Hall–Kier alpha value is -1.50. The van der Waals surface area contributed by atoms with Crippen molar-refractivity contribution >= 4 is 35.1 Å². The molecule has 6 nitrogen and oxygen atoms in total. The fraction of sp³-hybridized carbons (Fsp3) is 0.385. The Bertz CT molecular complexity index is 567. The van der Waals surface area contributed by atoms with Crippen molar-refractivity contribution in [1.82, 2.24) is 9.80 Å². The number of hydrogen-bond acceptors (Lipinski definition) is 4. The van der Waals surface area contributed by atoms with E-state index in [0.717, 1.165) is 4.90 Å². The Morgan fingerprint density at radius 1 is 1.38 bits per heavy atom. The van der Waals surface area contributed by atoms with Crippen molar-refractivity contribution in [3.63, 3.8) is 0 Å². The van der Waals surface area contributed by atoms with E-state index in [1.807, 2.05) is 0 Å². The van der Waals surface area contributed by atoms with Gasteiger partial charge in [-0.1, -0.05) is 23.2 Å². The number of halogens is 2. The highest BCUT2D eigenvalue weighted by atomic mass is 35.5. The number of imide groups is 1. The molecule has 1 aliphatic heterocycles. The molecule has 0 aromatic heterocycles. The Morgan fingerprint density at radius 2 is 2.10 bits per heavy atom. The zero-order chi connectivity index (χ0) is 15.6. The number of ether oxygens (including phenoxy) is 1. The van der Waals surface area contributed by atoms with Crippen molar-refractivity contribution in [1.29, 1.82) is 0 Å². The van der Waals surface area contributed by atoms with Gasteiger partial charge in [0.25, 0.3) is 0 Å². The first kappa shape index (κ1) is 15.9. The Morgan fingerprint density at radius 3 is 2.71 bits per heavy atom. The molecule has 0 bridgehead atoms. The summed E-state index contributed by atoms with van der Waals surface area (Å²) in [5.74, 6) is -0.0123. The molecule has 1 saturated heterocycles.